The Morgan fingerprint density at radius 3 is 1.37 bits per heavy atom. The number of ether oxygens (including phenoxy) is 1. The lowest BCUT2D eigenvalue weighted by Gasteiger charge is -2.46. The van der Waals surface area contributed by atoms with E-state index < -0.39 is 65.1 Å². The van der Waals surface area contributed by atoms with Crippen LogP contribution in [-0.4, -0.2) is 36.7 Å². The van der Waals surface area contributed by atoms with E-state index in [1.165, 1.54) is 49.6 Å². The van der Waals surface area contributed by atoms with Crippen molar-refractivity contribution in [3.8, 4) is 0 Å². The van der Waals surface area contributed by atoms with Crippen LogP contribution in [0.25, 0.3) is 0 Å². The second-order valence-corrected chi connectivity index (χ2v) is 11.3. The number of anilines is 2. The molecule has 2 aromatic rings. The highest BCUT2D eigenvalue weighted by Crippen LogP contribution is 2.61. The molecule has 12 heteroatoms. The summed E-state index contributed by atoms with van der Waals surface area (Å²) in [6.45, 7) is 0. The highest BCUT2D eigenvalue weighted by atomic mass is 35.5. The number of carbonyl (C=O) groups is 5. The number of imide groups is 2. The van der Waals surface area contributed by atoms with Crippen LogP contribution in [-0.2, 0) is 28.7 Å². The molecule has 1 saturated carbocycles. The van der Waals surface area contributed by atoms with Gasteiger partial charge in [0, 0.05) is 37.5 Å². The molecule has 8 nitrogen and oxygen atoms in total. The third-order valence-corrected chi connectivity index (χ3v) is 8.64. The Hall–Kier alpha value is -2.91. The predicted octanol–water partition coefficient (Wildman–Crippen LogP) is 4.57. The van der Waals surface area contributed by atoms with Crippen molar-refractivity contribution in [2.45, 2.75) is 0 Å². The normalized spacial score (nSPS) is 29.6. The minimum absolute atomic E-state index is 0.0965. The number of amides is 4. The number of carbonyl (C=O) groups excluding carboxylic acids is 5. The van der Waals surface area contributed by atoms with Crippen molar-refractivity contribution in [1.29, 1.82) is 0 Å². The van der Waals surface area contributed by atoms with E-state index in [-0.39, 0.29) is 37.0 Å². The molecule has 0 spiro atoms. The lowest BCUT2D eigenvalue weighted by Crippen LogP contribution is -2.53. The molecule has 3 aliphatic carbocycles. The summed E-state index contributed by atoms with van der Waals surface area (Å²) in [7, 11) is 1.18. The van der Waals surface area contributed by atoms with Gasteiger partial charge >= 0.3 is 5.97 Å². The number of hydrogen-bond acceptors (Lipinski definition) is 6. The van der Waals surface area contributed by atoms with Gasteiger partial charge in [0.1, 0.15) is 0 Å². The first-order valence-electron chi connectivity index (χ1n) is 11.5. The number of benzene rings is 2. The standard InChI is InChI=1S/C26H16Cl4N2O6/c1-38-26(37)16-8-15-18-20(24(35)31(22(18)33)13-4-9(27)2-10(28)5-13)17(16)21-19(15)23(34)32(25(21)36)14-6-11(29)3-12(30)7-14/h2-8,15,17-21H,1H3/t15?,17?,18-,19-,20-,21+/m1/s1. The fraction of sp³-hybridized carbons (Fsp3) is 0.269. The Morgan fingerprint density at radius 1 is 0.632 bits per heavy atom. The zero-order valence-electron chi connectivity index (χ0n) is 19.4. The molecule has 4 amide bonds. The summed E-state index contributed by atoms with van der Waals surface area (Å²) in [6, 6.07) is 8.64. The van der Waals surface area contributed by atoms with Crippen molar-refractivity contribution in [2.75, 3.05) is 16.9 Å². The first kappa shape index (κ1) is 25.4. The molecule has 5 aliphatic rings. The van der Waals surface area contributed by atoms with Crippen molar-refractivity contribution < 1.29 is 28.7 Å². The maximum Gasteiger partial charge on any atom is 0.333 e. The minimum Gasteiger partial charge on any atom is -0.466 e. The molecule has 2 aliphatic heterocycles. The van der Waals surface area contributed by atoms with Crippen molar-refractivity contribution in [2.24, 2.45) is 35.5 Å². The van der Waals surface area contributed by atoms with E-state index in [1.807, 2.05) is 0 Å². The van der Waals surface area contributed by atoms with Crippen LogP contribution in [0.4, 0.5) is 11.4 Å². The van der Waals surface area contributed by atoms with Crippen LogP contribution in [0.1, 0.15) is 0 Å². The van der Waals surface area contributed by atoms with Crippen LogP contribution in [0.15, 0.2) is 48.0 Å². The van der Waals surface area contributed by atoms with Crippen molar-refractivity contribution in [1.82, 2.24) is 0 Å². The number of halogens is 4. The predicted molar refractivity (Wildman–Crippen MR) is 139 cm³/mol. The molecule has 2 aromatic carbocycles. The Bertz CT molecular complexity index is 1390. The van der Waals surface area contributed by atoms with Crippen LogP contribution >= 0.6 is 46.4 Å². The Kier molecular flexibility index (Phi) is 5.88. The molecule has 2 saturated heterocycles. The molecule has 194 valence electrons. The fourth-order valence-electron chi connectivity index (χ4n) is 6.52. The third-order valence-electron chi connectivity index (χ3n) is 7.76. The summed E-state index contributed by atoms with van der Waals surface area (Å²) in [5, 5.41) is 0.879. The number of hydrogen-bond donors (Lipinski definition) is 0. The summed E-state index contributed by atoms with van der Waals surface area (Å²) in [4.78, 5) is 69.9. The quantitative estimate of drug-likeness (QED) is 0.382. The van der Waals surface area contributed by atoms with Crippen molar-refractivity contribution in [3.05, 3.63) is 68.1 Å². The van der Waals surface area contributed by atoms with Gasteiger partial charge in [-0.2, -0.15) is 0 Å². The number of rotatable bonds is 3. The molecule has 7 rings (SSSR count). The van der Waals surface area contributed by atoms with Gasteiger partial charge in [0.2, 0.25) is 23.6 Å². The van der Waals surface area contributed by atoms with Gasteiger partial charge in [0.25, 0.3) is 0 Å². The summed E-state index contributed by atoms with van der Waals surface area (Å²) in [5.41, 5.74) is 0.437. The minimum atomic E-state index is -1.06. The summed E-state index contributed by atoms with van der Waals surface area (Å²) in [5.74, 6) is -9.10. The molecule has 38 heavy (non-hydrogen) atoms. The molecule has 0 N–H and O–H groups in total. The Balaban J connectivity index is 1.48. The molecule has 6 atom stereocenters. The zero-order valence-corrected chi connectivity index (χ0v) is 22.4. The topological polar surface area (TPSA) is 101 Å². The van der Waals surface area contributed by atoms with E-state index in [4.69, 9.17) is 51.1 Å². The van der Waals surface area contributed by atoms with Crippen molar-refractivity contribution in [3.63, 3.8) is 0 Å². The number of methoxy groups -OCH3 is 1. The van der Waals surface area contributed by atoms with Crippen LogP contribution < -0.4 is 9.80 Å². The van der Waals surface area contributed by atoms with Crippen LogP contribution in [0.3, 0.4) is 0 Å². The third kappa shape index (κ3) is 3.47. The van der Waals surface area contributed by atoms with Gasteiger partial charge in [-0.1, -0.05) is 52.5 Å². The fourth-order valence-corrected chi connectivity index (χ4v) is 7.55. The van der Waals surface area contributed by atoms with Crippen molar-refractivity contribution >= 4 is 87.4 Å². The van der Waals surface area contributed by atoms with Gasteiger partial charge in [-0.15, -0.1) is 0 Å². The highest BCUT2D eigenvalue weighted by molar-refractivity contribution is 6.37. The first-order chi connectivity index (χ1) is 18.0. The van der Waals surface area contributed by atoms with Gasteiger partial charge in [0.15, 0.2) is 0 Å². The van der Waals surface area contributed by atoms with Gasteiger partial charge in [-0.25, -0.2) is 14.6 Å². The second kappa shape index (κ2) is 8.81. The summed E-state index contributed by atoms with van der Waals surface area (Å²) < 4.78 is 4.95. The van der Waals surface area contributed by atoms with Gasteiger partial charge in [-0.3, -0.25) is 19.2 Å². The highest BCUT2D eigenvalue weighted by Gasteiger charge is 2.71. The van der Waals surface area contributed by atoms with Crippen LogP contribution in [0.2, 0.25) is 20.1 Å². The van der Waals surface area contributed by atoms with E-state index in [9.17, 15) is 24.0 Å². The molecular formula is C26H16Cl4N2O6. The smallest absolute Gasteiger partial charge is 0.333 e. The number of allylic oxidation sites excluding steroid dienone is 1. The van der Waals surface area contributed by atoms with Gasteiger partial charge in [-0.05, 0) is 36.4 Å². The van der Waals surface area contributed by atoms with Crippen LogP contribution in [0, 0.1) is 35.5 Å². The van der Waals surface area contributed by atoms with E-state index in [0.717, 1.165) is 9.80 Å². The van der Waals surface area contributed by atoms with Crippen LogP contribution in [0.5, 0.6) is 0 Å². The van der Waals surface area contributed by atoms with Gasteiger partial charge < -0.3 is 4.74 Å². The lowest BCUT2D eigenvalue weighted by molar-refractivity contribution is -0.145. The van der Waals surface area contributed by atoms with E-state index >= 15 is 0 Å². The number of nitrogens with zero attached hydrogens (tertiary/aromatic N) is 2. The average molecular weight is 594 g/mol. The Morgan fingerprint density at radius 2 is 1.00 bits per heavy atom. The monoisotopic (exact) mass is 592 g/mol. The molecule has 0 radical (unpaired) electrons. The molecule has 2 unspecified atom stereocenters. The maximum absolute atomic E-state index is 13.8. The molecule has 2 bridgehead atoms. The first-order valence-corrected chi connectivity index (χ1v) is 13.0. The summed E-state index contributed by atoms with van der Waals surface area (Å²) >= 11 is 24.5. The lowest BCUT2D eigenvalue weighted by atomic mass is 9.52. The second-order valence-electron chi connectivity index (χ2n) is 9.60. The zero-order chi connectivity index (χ0) is 27.2. The molecule has 2 heterocycles. The SMILES string of the molecule is COC(=O)C1=CC2[C@H]3C(=O)N(c4cc(Cl)cc(Cl)c4)C(=O)[C@@H]3C1[C@@H]1C(=O)N(c3cc(Cl)cc(Cl)c3)C(=O)[C@H]21. The van der Waals surface area contributed by atoms with E-state index in [1.54, 1.807) is 0 Å². The molecule has 3 fully saturated rings. The molecule has 0 aromatic heterocycles. The molecular weight excluding hydrogens is 578 g/mol. The van der Waals surface area contributed by atoms with E-state index in [0.29, 0.717) is 0 Å². The maximum atomic E-state index is 13.8. The summed E-state index contributed by atoms with van der Waals surface area (Å²) in [6.07, 6.45) is 1.51. The number of esters is 1. The van der Waals surface area contributed by atoms with E-state index in [2.05, 4.69) is 0 Å². The Labute approximate surface area is 236 Å². The van der Waals surface area contributed by atoms with Gasteiger partial charge in [0.05, 0.1) is 42.2 Å². The largest absolute Gasteiger partial charge is 0.466 e. The average Bonchev–Trinajstić information content (AvgIpc) is 3.28.